The molecule has 2 heterocycles. The number of hydrogen-bond donors (Lipinski definition) is 1. The number of anilines is 1. The fourth-order valence-electron chi connectivity index (χ4n) is 4.01. The summed E-state index contributed by atoms with van der Waals surface area (Å²) in [5.74, 6) is -0.199. The van der Waals surface area contributed by atoms with Gasteiger partial charge in [0.1, 0.15) is 11.7 Å². The molecule has 8 heteroatoms. The highest BCUT2D eigenvalue weighted by atomic mass is 16.6. The van der Waals surface area contributed by atoms with Crippen LogP contribution in [0.4, 0.5) is 11.5 Å². The summed E-state index contributed by atoms with van der Waals surface area (Å²) in [7, 11) is 1.63. The van der Waals surface area contributed by atoms with E-state index in [0.717, 1.165) is 19.3 Å². The monoisotopic (exact) mass is 294 g/mol. The van der Waals surface area contributed by atoms with Crippen LogP contribution < -0.4 is 4.90 Å². The predicted molar refractivity (Wildman–Crippen MR) is 74.2 cm³/mol. The summed E-state index contributed by atoms with van der Waals surface area (Å²) in [4.78, 5) is 24.2. The molecule has 2 aliphatic rings. The van der Waals surface area contributed by atoms with Gasteiger partial charge in [0.2, 0.25) is 5.82 Å². The van der Waals surface area contributed by atoms with Crippen LogP contribution in [-0.4, -0.2) is 38.4 Å². The molecule has 1 aromatic rings. The minimum atomic E-state index is -0.905. The Morgan fingerprint density at radius 1 is 1.48 bits per heavy atom. The van der Waals surface area contributed by atoms with Crippen molar-refractivity contribution in [3.63, 3.8) is 0 Å². The Labute approximate surface area is 121 Å². The van der Waals surface area contributed by atoms with Crippen LogP contribution in [0, 0.1) is 28.9 Å². The molecular formula is C13H18N4O4. The topological polar surface area (TPSA) is 102 Å². The van der Waals surface area contributed by atoms with Crippen molar-refractivity contribution >= 4 is 17.5 Å². The lowest BCUT2D eigenvalue weighted by Gasteiger charge is -2.25. The lowest BCUT2D eigenvalue weighted by atomic mass is 9.94. The van der Waals surface area contributed by atoms with Gasteiger partial charge in [-0.05, 0) is 31.6 Å². The first-order chi connectivity index (χ1) is 9.91. The molecule has 2 fully saturated rings. The van der Waals surface area contributed by atoms with Crippen molar-refractivity contribution in [1.29, 1.82) is 0 Å². The summed E-state index contributed by atoms with van der Waals surface area (Å²) in [5, 5.41) is 25.0. The van der Waals surface area contributed by atoms with E-state index in [1.807, 2.05) is 0 Å². The van der Waals surface area contributed by atoms with E-state index >= 15 is 0 Å². The smallest absolute Gasteiger partial charge is 0.333 e. The van der Waals surface area contributed by atoms with E-state index < -0.39 is 16.9 Å². The first-order valence-corrected chi connectivity index (χ1v) is 7.09. The van der Waals surface area contributed by atoms with Crippen molar-refractivity contribution in [1.82, 2.24) is 9.78 Å². The van der Waals surface area contributed by atoms with Gasteiger partial charge in [0.05, 0.1) is 4.92 Å². The highest BCUT2D eigenvalue weighted by Crippen LogP contribution is 2.46. The molecule has 1 aliphatic carbocycles. The minimum absolute atomic E-state index is 0.0799. The second-order valence-electron chi connectivity index (χ2n) is 5.93. The van der Waals surface area contributed by atoms with Gasteiger partial charge < -0.3 is 10.0 Å². The van der Waals surface area contributed by atoms with E-state index in [2.05, 4.69) is 5.10 Å². The van der Waals surface area contributed by atoms with E-state index in [-0.39, 0.29) is 11.6 Å². The molecule has 1 saturated heterocycles. The van der Waals surface area contributed by atoms with Gasteiger partial charge in [-0.25, -0.2) is 9.48 Å². The van der Waals surface area contributed by atoms with Crippen LogP contribution in [0.15, 0.2) is 0 Å². The van der Waals surface area contributed by atoms with Gasteiger partial charge in [-0.2, -0.15) is 5.10 Å². The Hall–Kier alpha value is -2.12. The van der Waals surface area contributed by atoms with E-state index in [1.165, 1.54) is 4.68 Å². The maximum Gasteiger partial charge on any atom is 0.333 e. The molecule has 0 radical (unpaired) electrons. The van der Waals surface area contributed by atoms with Gasteiger partial charge >= 0.3 is 11.7 Å². The molecule has 3 atom stereocenters. The molecule has 21 heavy (non-hydrogen) atoms. The highest BCUT2D eigenvalue weighted by molar-refractivity contribution is 5.81. The molecule has 3 unspecified atom stereocenters. The molecule has 0 aromatic carbocycles. The van der Waals surface area contributed by atoms with Gasteiger partial charge in [-0.15, -0.1) is 0 Å². The van der Waals surface area contributed by atoms with E-state index in [1.54, 1.807) is 18.9 Å². The van der Waals surface area contributed by atoms with Crippen molar-refractivity contribution < 1.29 is 14.8 Å². The maximum atomic E-state index is 11.7. The minimum Gasteiger partial charge on any atom is -0.480 e. The van der Waals surface area contributed by atoms with Crippen LogP contribution in [0.1, 0.15) is 25.0 Å². The van der Waals surface area contributed by atoms with Gasteiger partial charge in [-0.1, -0.05) is 6.42 Å². The summed E-state index contributed by atoms with van der Waals surface area (Å²) >= 11 is 0. The van der Waals surface area contributed by atoms with Gasteiger partial charge in [0.15, 0.2) is 0 Å². The predicted octanol–water partition coefficient (Wildman–Crippen LogP) is 1.33. The summed E-state index contributed by atoms with van der Waals surface area (Å²) in [5.41, 5.74) is 0.238. The number of carboxylic acid groups (broad SMARTS) is 1. The van der Waals surface area contributed by atoms with Crippen LogP contribution in [-0.2, 0) is 11.8 Å². The molecular weight excluding hydrogens is 276 g/mol. The summed E-state index contributed by atoms with van der Waals surface area (Å²) in [6.45, 7) is 2.13. The number of hydrogen-bond acceptors (Lipinski definition) is 5. The number of aliphatic carboxylic acids is 1. The molecule has 0 spiro atoms. The Morgan fingerprint density at radius 2 is 2.19 bits per heavy atom. The third-order valence-electron chi connectivity index (χ3n) is 4.76. The molecule has 1 aliphatic heterocycles. The second kappa shape index (κ2) is 4.71. The average Bonchev–Trinajstić information content (AvgIpc) is 2.99. The third kappa shape index (κ3) is 1.97. The number of aryl methyl sites for hydroxylation is 2. The maximum absolute atomic E-state index is 11.7. The molecule has 8 nitrogen and oxygen atoms in total. The van der Waals surface area contributed by atoms with Crippen LogP contribution in [0.3, 0.4) is 0 Å². The molecule has 1 N–H and O–H groups in total. The van der Waals surface area contributed by atoms with Crippen LogP contribution in [0.25, 0.3) is 0 Å². The van der Waals surface area contributed by atoms with E-state index in [0.29, 0.717) is 24.0 Å². The zero-order valence-electron chi connectivity index (χ0n) is 12.0. The van der Waals surface area contributed by atoms with Crippen molar-refractivity contribution in [3.05, 3.63) is 15.8 Å². The Kier molecular flexibility index (Phi) is 3.11. The number of carboxylic acids is 1. The normalized spacial score (nSPS) is 27.9. The molecule has 114 valence electrons. The summed E-state index contributed by atoms with van der Waals surface area (Å²) in [6, 6.07) is -0.689. The van der Waals surface area contributed by atoms with Crippen LogP contribution >= 0.6 is 0 Å². The molecule has 0 amide bonds. The first-order valence-electron chi connectivity index (χ1n) is 7.09. The fourth-order valence-corrected chi connectivity index (χ4v) is 4.01. The molecule has 0 bridgehead atoms. The second-order valence-corrected chi connectivity index (χ2v) is 5.93. The third-order valence-corrected chi connectivity index (χ3v) is 4.76. The van der Waals surface area contributed by atoms with Gasteiger partial charge in [0, 0.05) is 13.6 Å². The Balaban J connectivity index is 2.08. The zero-order valence-corrected chi connectivity index (χ0v) is 12.0. The number of rotatable bonds is 3. The zero-order chi connectivity index (χ0) is 15.3. The lowest BCUT2D eigenvalue weighted by Crippen LogP contribution is -2.40. The molecule has 1 saturated carbocycles. The number of fused-ring (bicyclic) bond motifs is 1. The number of nitrogens with zero attached hydrogens (tertiary/aromatic N) is 4. The van der Waals surface area contributed by atoms with Crippen molar-refractivity contribution in [3.8, 4) is 0 Å². The van der Waals surface area contributed by atoms with Gasteiger partial charge in [-0.3, -0.25) is 10.1 Å². The average molecular weight is 294 g/mol. The van der Waals surface area contributed by atoms with Gasteiger partial charge in [0.25, 0.3) is 0 Å². The Bertz CT molecular complexity index is 612. The highest BCUT2D eigenvalue weighted by Gasteiger charge is 2.50. The molecule has 1 aromatic heterocycles. The standard InChI is InChI=1S/C13H18N4O4/c1-7-10(17(20)21)12(15(2)14-7)16-6-8-4-3-5-9(8)11(16)13(18)19/h8-9,11H,3-6H2,1-2H3,(H,18,19). The Morgan fingerprint density at radius 3 is 2.81 bits per heavy atom. The van der Waals surface area contributed by atoms with E-state index in [4.69, 9.17) is 0 Å². The van der Waals surface area contributed by atoms with Crippen molar-refractivity contribution in [2.24, 2.45) is 18.9 Å². The van der Waals surface area contributed by atoms with Crippen LogP contribution in [0.2, 0.25) is 0 Å². The van der Waals surface area contributed by atoms with Crippen LogP contribution in [0.5, 0.6) is 0 Å². The fraction of sp³-hybridized carbons (Fsp3) is 0.692. The lowest BCUT2D eigenvalue weighted by molar-refractivity contribution is -0.384. The number of aromatic nitrogens is 2. The summed E-state index contributed by atoms with van der Waals surface area (Å²) < 4.78 is 1.43. The van der Waals surface area contributed by atoms with Crippen molar-refractivity contribution in [2.45, 2.75) is 32.2 Å². The number of carbonyl (C=O) groups is 1. The summed E-state index contributed by atoms with van der Waals surface area (Å²) in [6.07, 6.45) is 2.91. The quantitative estimate of drug-likeness (QED) is 0.666. The number of nitro groups is 1. The largest absolute Gasteiger partial charge is 0.480 e. The van der Waals surface area contributed by atoms with Crippen molar-refractivity contribution in [2.75, 3.05) is 11.4 Å². The first kappa shape index (κ1) is 13.8. The molecule has 3 rings (SSSR count). The van der Waals surface area contributed by atoms with E-state index in [9.17, 15) is 20.0 Å². The SMILES string of the molecule is Cc1nn(C)c(N2CC3CCCC3C2C(=O)O)c1[N+](=O)[O-].